The van der Waals surface area contributed by atoms with Gasteiger partial charge in [0.1, 0.15) is 10.8 Å². The molecule has 3 unspecified atom stereocenters. The van der Waals surface area contributed by atoms with Crippen molar-refractivity contribution in [2.45, 2.75) is 43.6 Å². The molecule has 3 heterocycles. The fraction of sp³-hybridized carbons (Fsp3) is 0.391. The molecule has 1 amide bonds. The van der Waals surface area contributed by atoms with E-state index in [0.29, 0.717) is 10.8 Å². The Morgan fingerprint density at radius 3 is 2.65 bits per heavy atom. The van der Waals surface area contributed by atoms with Gasteiger partial charge in [0.2, 0.25) is 0 Å². The third kappa shape index (κ3) is 4.14. The van der Waals surface area contributed by atoms with Crippen LogP contribution in [0.5, 0.6) is 5.75 Å². The molecule has 1 aromatic carbocycles. The number of carbonyl (C=O) groups is 2. The van der Waals surface area contributed by atoms with E-state index in [0.717, 1.165) is 5.56 Å². The average Bonchev–Trinajstić information content (AvgIpc) is 3.53. The molecule has 3 aromatic rings. The quantitative estimate of drug-likeness (QED) is 0.551. The number of methoxy groups -OCH3 is 1. The van der Waals surface area contributed by atoms with Gasteiger partial charge in [-0.3, -0.25) is 18.6 Å². The summed E-state index contributed by atoms with van der Waals surface area (Å²) in [5.41, 5.74) is -0.846. The zero-order chi connectivity index (χ0) is 24.7. The third-order valence-electron chi connectivity index (χ3n) is 5.84. The van der Waals surface area contributed by atoms with Crippen molar-refractivity contribution >= 4 is 34.0 Å². The third-order valence-corrected chi connectivity index (χ3v) is 8.52. The minimum atomic E-state index is -1.78. The summed E-state index contributed by atoms with van der Waals surface area (Å²) in [6.07, 6.45) is 4.70. The first-order valence-electron chi connectivity index (χ1n) is 10.6. The maximum atomic E-state index is 14.0. The standard InChI is InChI=1S/C23H26N4O5S2/c1-22(2,3)16-7-6-15(12-17(16)32-4)19(28)27-20(18-24-9-11-33-18)34(31)14-23(27,21(29)30)13-26-10-5-8-25-26/h5-12,20H,13-14H2,1-4H3,(H,29,30). The van der Waals surface area contributed by atoms with Crippen LogP contribution in [0.3, 0.4) is 0 Å². The van der Waals surface area contributed by atoms with Gasteiger partial charge in [-0.1, -0.05) is 26.8 Å². The summed E-state index contributed by atoms with van der Waals surface area (Å²) in [6.45, 7) is 5.96. The van der Waals surface area contributed by atoms with Crippen LogP contribution in [0.2, 0.25) is 0 Å². The van der Waals surface area contributed by atoms with Crippen molar-refractivity contribution < 1.29 is 23.6 Å². The predicted octanol–water partition coefficient (Wildman–Crippen LogP) is 3.07. The highest BCUT2D eigenvalue weighted by atomic mass is 32.2. The molecule has 1 aliphatic heterocycles. The first-order valence-corrected chi connectivity index (χ1v) is 12.8. The maximum Gasteiger partial charge on any atom is 0.332 e. The van der Waals surface area contributed by atoms with Crippen LogP contribution in [0.25, 0.3) is 0 Å². The van der Waals surface area contributed by atoms with Crippen LogP contribution < -0.4 is 4.74 Å². The van der Waals surface area contributed by atoms with Gasteiger partial charge < -0.3 is 9.84 Å². The van der Waals surface area contributed by atoms with E-state index in [2.05, 4.69) is 10.1 Å². The number of carboxylic acid groups (broad SMARTS) is 1. The summed E-state index contributed by atoms with van der Waals surface area (Å²) < 4.78 is 20.3. The molecule has 1 saturated heterocycles. The number of thiazole rings is 1. The lowest BCUT2D eigenvalue weighted by Gasteiger charge is -2.36. The molecule has 4 rings (SSSR count). The Labute approximate surface area is 203 Å². The highest BCUT2D eigenvalue weighted by molar-refractivity contribution is 7.85. The number of aliphatic carboxylic acids is 1. The lowest BCUT2D eigenvalue weighted by atomic mass is 9.85. The topological polar surface area (TPSA) is 115 Å². The van der Waals surface area contributed by atoms with Gasteiger partial charge in [-0.25, -0.2) is 9.78 Å². The second-order valence-corrected chi connectivity index (χ2v) is 11.6. The first-order chi connectivity index (χ1) is 16.1. The summed E-state index contributed by atoms with van der Waals surface area (Å²) in [5, 5.41) is 15.7. The number of carboxylic acids is 1. The molecule has 180 valence electrons. The van der Waals surface area contributed by atoms with Gasteiger partial charge in [0.05, 0.1) is 30.2 Å². The lowest BCUT2D eigenvalue weighted by Crippen LogP contribution is -2.58. The average molecular weight is 503 g/mol. The van der Waals surface area contributed by atoms with Crippen LogP contribution in [0.15, 0.2) is 48.2 Å². The zero-order valence-electron chi connectivity index (χ0n) is 19.3. The summed E-state index contributed by atoms with van der Waals surface area (Å²) in [4.78, 5) is 32.2. The molecule has 0 saturated carbocycles. The van der Waals surface area contributed by atoms with Crippen molar-refractivity contribution in [3.05, 3.63) is 64.4 Å². The Kier molecular flexibility index (Phi) is 6.34. The lowest BCUT2D eigenvalue weighted by molar-refractivity contribution is -0.149. The van der Waals surface area contributed by atoms with Crippen molar-refractivity contribution in [3.8, 4) is 5.75 Å². The van der Waals surface area contributed by atoms with Crippen LogP contribution in [0.4, 0.5) is 0 Å². The Bertz CT molecular complexity index is 1220. The second-order valence-electron chi connectivity index (χ2n) is 9.13. The zero-order valence-corrected chi connectivity index (χ0v) is 20.9. The van der Waals surface area contributed by atoms with E-state index in [9.17, 15) is 18.9 Å². The Hall–Kier alpha value is -3.05. The maximum absolute atomic E-state index is 14.0. The van der Waals surface area contributed by atoms with Crippen LogP contribution >= 0.6 is 11.3 Å². The van der Waals surface area contributed by atoms with E-state index in [-0.39, 0.29) is 23.3 Å². The molecule has 0 spiro atoms. The molecule has 0 bridgehead atoms. The summed E-state index contributed by atoms with van der Waals surface area (Å²) in [7, 11) is -0.163. The fourth-order valence-electron chi connectivity index (χ4n) is 4.21. The summed E-state index contributed by atoms with van der Waals surface area (Å²) >= 11 is 1.24. The number of benzene rings is 1. The number of carbonyl (C=O) groups excluding carboxylic acids is 1. The Morgan fingerprint density at radius 2 is 2.09 bits per heavy atom. The SMILES string of the molecule is COc1cc(C(=O)N2C(c3nccs3)S(=O)CC2(Cn2cccn2)C(=O)O)ccc1C(C)(C)C. The highest BCUT2D eigenvalue weighted by Crippen LogP contribution is 2.43. The van der Waals surface area contributed by atoms with Gasteiger partial charge in [-0.2, -0.15) is 5.10 Å². The summed E-state index contributed by atoms with van der Waals surface area (Å²) in [5.74, 6) is -1.52. The number of hydrogen-bond donors (Lipinski definition) is 1. The number of nitrogens with zero attached hydrogens (tertiary/aromatic N) is 4. The van der Waals surface area contributed by atoms with Crippen molar-refractivity contribution in [1.82, 2.24) is 19.7 Å². The second kappa shape index (κ2) is 8.95. The van der Waals surface area contributed by atoms with Gasteiger partial charge in [-0.05, 0) is 29.2 Å². The van der Waals surface area contributed by atoms with Gasteiger partial charge in [0.25, 0.3) is 5.91 Å². The molecule has 3 atom stereocenters. The molecule has 9 nitrogen and oxygen atoms in total. The molecule has 1 N–H and O–H groups in total. The van der Waals surface area contributed by atoms with Crippen molar-refractivity contribution in [2.75, 3.05) is 12.9 Å². The molecule has 0 radical (unpaired) electrons. The van der Waals surface area contributed by atoms with Crippen molar-refractivity contribution in [3.63, 3.8) is 0 Å². The smallest absolute Gasteiger partial charge is 0.332 e. The van der Waals surface area contributed by atoms with E-state index in [1.807, 2.05) is 26.8 Å². The van der Waals surface area contributed by atoms with Crippen LogP contribution in [0.1, 0.15) is 47.1 Å². The van der Waals surface area contributed by atoms with E-state index in [1.54, 1.807) is 36.0 Å². The molecule has 11 heteroatoms. The van der Waals surface area contributed by atoms with Crippen LogP contribution in [-0.4, -0.2) is 59.3 Å². The fourth-order valence-corrected chi connectivity index (χ4v) is 7.10. The van der Waals surface area contributed by atoms with Crippen molar-refractivity contribution in [1.29, 1.82) is 0 Å². The number of rotatable bonds is 6. The van der Waals surface area contributed by atoms with Crippen LogP contribution in [-0.2, 0) is 27.6 Å². The number of hydrogen-bond acceptors (Lipinski definition) is 7. The van der Waals surface area contributed by atoms with Crippen molar-refractivity contribution in [2.24, 2.45) is 0 Å². The van der Waals surface area contributed by atoms with E-state index in [4.69, 9.17) is 4.74 Å². The predicted molar refractivity (Wildman–Crippen MR) is 128 cm³/mol. The number of aromatic nitrogens is 3. The van der Waals surface area contributed by atoms with E-state index in [1.165, 1.54) is 34.2 Å². The van der Waals surface area contributed by atoms with Gasteiger partial charge in [-0.15, -0.1) is 11.3 Å². The van der Waals surface area contributed by atoms with Gasteiger partial charge in [0, 0.05) is 29.5 Å². The van der Waals surface area contributed by atoms with Gasteiger partial charge >= 0.3 is 5.97 Å². The Balaban J connectivity index is 1.86. The minimum Gasteiger partial charge on any atom is -0.496 e. The molecular weight excluding hydrogens is 476 g/mol. The largest absolute Gasteiger partial charge is 0.496 e. The van der Waals surface area contributed by atoms with E-state index >= 15 is 0 Å². The molecule has 1 aliphatic rings. The number of amides is 1. The molecular formula is C23H26N4O5S2. The van der Waals surface area contributed by atoms with E-state index < -0.39 is 33.6 Å². The highest BCUT2D eigenvalue weighted by Gasteiger charge is 2.60. The monoisotopic (exact) mass is 502 g/mol. The molecule has 2 aromatic heterocycles. The molecule has 34 heavy (non-hydrogen) atoms. The molecule has 0 aliphatic carbocycles. The number of ether oxygens (including phenoxy) is 1. The first kappa shape index (κ1) is 24.1. The molecule has 1 fully saturated rings. The summed E-state index contributed by atoms with van der Waals surface area (Å²) in [6, 6.07) is 6.76. The van der Waals surface area contributed by atoms with Gasteiger partial charge in [0.15, 0.2) is 10.9 Å². The minimum absolute atomic E-state index is 0.147. The normalized spacial score (nSPS) is 22.6. The van der Waals surface area contributed by atoms with Crippen LogP contribution in [0, 0.1) is 0 Å². The Morgan fingerprint density at radius 1 is 1.32 bits per heavy atom.